The van der Waals surface area contributed by atoms with Gasteiger partial charge in [0.2, 0.25) is 0 Å². The van der Waals surface area contributed by atoms with E-state index < -0.39 is 0 Å². The van der Waals surface area contributed by atoms with Crippen LogP contribution in [0.3, 0.4) is 0 Å². The molecule has 3 nitrogen and oxygen atoms in total. The Morgan fingerprint density at radius 2 is 1.64 bits per heavy atom. The number of hydrogen-bond donors (Lipinski definition) is 0. The first-order chi connectivity index (χ1) is 5.22. The van der Waals surface area contributed by atoms with Gasteiger partial charge in [0.05, 0.1) is 0 Å². The van der Waals surface area contributed by atoms with Gasteiger partial charge in [-0.3, -0.25) is 0 Å². The van der Waals surface area contributed by atoms with E-state index in [0.29, 0.717) is 11.8 Å². The van der Waals surface area contributed by atoms with Crippen LogP contribution in [-0.2, 0) is 0 Å². The Hall–Kier alpha value is -0.990. The second-order valence-corrected chi connectivity index (χ2v) is 3.03. The summed E-state index contributed by atoms with van der Waals surface area (Å²) < 4.78 is 0. The van der Waals surface area contributed by atoms with Gasteiger partial charge in [0.15, 0.2) is 0 Å². The molecule has 1 rings (SSSR count). The zero-order valence-electron chi connectivity index (χ0n) is 7.15. The van der Waals surface area contributed by atoms with Gasteiger partial charge in [-0.1, -0.05) is 20.8 Å². The van der Waals surface area contributed by atoms with E-state index in [2.05, 4.69) is 35.7 Å². The van der Waals surface area contributed by atoms with E-state index in [1.54, 1.807) is 12.7 Å². The summed E-state index contributed by atoms with van der Waals surface area (Å²) in [7, 11) is 0. The molecule has 0 aliphatic heterocycles. The Kier molecular flexibility index (Phi) is 2.52. The van der Waals surface area contributed by atoms with Gasteiger partial charge >= 0.3 is 0 Å². The van der Waals surface area contributed by atoms with Gasteiger partial charge in [0.1, 0.15) is 18.5 Å². The standard InChI is InChI=1S/C8H13N3/c1-6(2)7(3)8-10-4-9-5-11-8/h4-7H,1-3H3. The molecule has 0 saturated carbocycles. The summed E-state index contributed by atoms with van der Waals surface area (Å²) in [5.74, 6) is 1.88. The molecule has 3 heteroatoms. The minimum absolute atomic E-state index is 0.415. The average molecular weight is 151 g/mol. The van der Waals surface area contributed by atoms with E-state index in [9.17, 15) is 0 Å². The third-order valence-corrected chi connectivity index (χ3v) is 1.92. The van der Waals surface area contributed by atoms with E-state index in [-0.39, 0.29) is 0 Å². The largest absolute Gasteiger partial charge is 0.225 e. The highest BCUT2D eigenvalue weighted by atomic mass is 15.0. The lowest BCUT2D eigenvalue weighted by Crippen LogP contribution is -2.06. The summed E-state index contributed by atoms with van der Waals surface area (Å²) in [5, 5.41) is 0. The van der Waals surface area contributed by atoms with Gasteiger partial charge in [-0.2, -0.15) is 0 Å². The second kappa shape index (κ2) is 3.42. The third kappa shape index (κ3) is 1.97. The molecule has 0 aliphatic carbocycles. The van der Waals surface area contributed by atoms with Crippen LogP contribution in [0.2, 0.25) is 0 Å². The van der Waals surface area contributed by atoms with Crippen molar-refractivity contribution in [3.63, 3.8) is 0 Å². The quantitative estimate of drug-likeness (QED) is 0.644. The molecule has 0 bridgehead atoms. The minimum Gasteiger partial charge on any atom is -0.225 e. The molecule has 0 radical (unpaired) electrons. The van der Waals surface area contributed by atoms with Crippen LogP contribution < -0.4 is 0 Å². The fourth-order valence-corrected chi connectivity index (χ4v) is 0.781. The molecule has 1 aromatic heterocycles. The maximum absolute atomic E-state index is 4.08. The minimum atomic E-state index is 0.415. The lowest BCUT2D eigenvalue weighted by Gasteiger charge is -2.12. The van der Waals surface area contributed by atoms with Gasteiger partial charge in [0.25, 0.3) is 0 Å². The molecule has 0 aliphatic rings. The van der Waals surface area contributed by atoms with Crippen molar-refractivity contribution in [2.24, 2.45) is 5.92 Å². The number of nitrogens with zero attached hydrogens (tertiary/aromatic N) is 3. The molecule has 0 fully saturated rings. The third-order valence-electron chi connectivity index (χ3n) is 1.92. The van der Waals surface area contributed by atoms with Crippen molar-refractivity contribution >= 4 is 0 Å². The number of aromatic nitrogens is 3. The lowest BCUT2D eigenvalue weighted by molar-refractivity contribution is 0.508. The van der Waals surface area contributed by atoms with Crippen LogP contribution in [-0.4, -0.2) is 15.0 Å². The summed E-state index contributed by atoms with van der Waals surface area (Å²) >= 11 is 0. The predicted molar refractivity (Wildman–Crippen MR) is 43.1 cm³/mol. The van der Waals surface area contributed by atoms with Gasteiger partial charge in [-0.15, -0.1) is 0 Å². The van der Waals surface area contributed by atoms with Crippen molar-refractivity contribution in [2.75, 3.05) is 0 Å². The van der Waals surface area contributed by atoms with Crippen LogP contribution in [0.1, 0.15) is 32.5 Å². The smallest absolute Gasteiger partial charge is 0.134 e. The van der Waals surface area contributed by atoms with Crippen molar-refractivity contribution in [2.45, 2.75) is 26.7 Å². The second-order valence-electron chi connectivity index (χ2n) is 3.03. The van der Waals surface area contributed by atoms with Gasteiger partial charge in [-0.05, 0) is 5.92 Å². The van der Waals surface area contributed by atoms with Crippen LogP contribution in [0.25, 0.3) is 0 Å². The fourth-order valence-electron chi connectivity index (χ4n) is 0.781. The Morgan fingerprint density at radius 1 is 1.09 bits per heavy atom. The molecular weight excluding hydrogens is 138 g/mol. The predicted octanol–water partition coefficient (Wildman–Crippen LogP) is 1.63. The molecule has 0 spiro atoms. The topological polar surface area (TPSA) is 38.7 Å². The molecule has 1 atom stereocenters. The van der Waals surface area contributed by atoms with E-state index in [0.717, 1.165) is 5.82 Å². The number of hydrogen-bond acceptors (Lipinski definition) is 3. The summed E-state index contributed by atoms with van der Waals surface area (Å²) in [6.07, 6.45) is 3.09. The van der Waals surface area contributed by atoms with E-state index >= 15 is 0 Å². The molecule has 1 unspecified atom stereocenters. The van der Waals surface area contributed by atoms with Crippen LogP contribution >= 0.6 is 0 Å². The Labute approximate surface area is 66.9 Å². The lowest BCUT2D eigenvalue weighted by atomic mass is 9.98. The van der Waals surface area contributed by atoms with Crippen molar-refractivity contribution in [1.82, 2.24) is 15.0 Å². The van der Waals surface area contributed by atoms with Crippen LogP contribution in [0, 0.1) is 5.92 Å². The van der Waals surface area contributed by atoms with Gasteiger partial charge < -0.3 is 0 Å². The zero-order chi connectivity index (χ0) is 8.27. The Morgan fingerprint density at radius 3 is 2.09 bits per heavy atom. The molecule has 0 N–H and O–H groups in total. The Balaban J connectivity index is 2.77. The maximum atomic E-state index is 4.08. The molecule has 1 aromatic rings. The Bertz CT molecular complexity index is 208. The van der Waals surface area contributed by atoms with Crippen LogP contribution in [0.4, 0.5) is 0 Å². The monoisotopic (exact) mass is 151 g/mol. The highest BCUT2D eigenvalue weighted by molar-refractivity contribution is 4.92. The fraction of sp³-hybridized carbons (Fsp3) is 0.625. The summed E-state index contributed by atoms with van der Waals surface area (Å²) in [5.41, 5.74) is 0. The van der Waals surface area contributed by atoms with E-state index in [4.69, 9.17) is 0 Å². The molecule has 0 aromatic carbocycles. The highest BCUT2D eigenvalue weighted by Crippen LogP contribution is 2.18. The van der Waals surface area contributed by atoms with E-state index in [1.807, 2.05) is 0 Å². The molecular formula is C8H13N3. The molecule has 60 valence electrons. The van der Waals surface area contributed by atoms with Gasteiger partial charge in [0, 0.05) is 5.92 Å². The van der Waals surface area contributed by atoms with Crippen molar-refractivity contribution in [1.29, 1.82) is 0 Å². The molecule has 11 heavy (non-hydrogen) atoms. The van der Waals surface area contributed by atoms with Crippen molar-refractivity contribution in [3.8, 4) is 0 Å². The van der Waals surface area contributed by atoms with Crippen LogP contribution in [0.5, 0.6) is 0 Å². The van der Waals surface area contributed by atoms with Crippen LogP contribution in [0.15, 0.2) is 12.7 Å². The van der Waals surface area contributed by atoms with Crippen molar-refractivity contribution in [3.05, 3.63) is 18.5 Å². The first-order valence-electron chi connectivity index (χ1n) is 3.83. The maximum Gasteiger partial charge on any atom is 0.134 e. The molecule has 0 saturated heterocycles. The average Bonchev–Trinajstić information content (AvgIpc) is 2.05. The molecule has 1 heterocycles. The SMILES string of the molecule is CC(C)C(C)c1ncncn1. The first-order valence-corrected chi connectivity index (χ1v) is 3.83. The first kappa shape index (κ1) is 8.11. The highest BCUT2D eigenvalue weighted by Gasteiger charge is 2.11. The molecule has 0 amide bonds. The van der Waals surface area contributed by atoms with E-state index in [1.165, 1.54) is 0 Å². The number of rotatable bonds is 2. The normalized spacial score (nSPS) is 13.5. The summed E-state index contributed by atoms with van der Waals surface area (Å²) in [4.78, 5) is 11.9. The van der Waals surface area contributed by atoms with Crippen molar-refractivity contribution < 1.29 is 0 Å². The summed E-state index contributed by atoms with van der Waals surface area (Å²) in [6.45, 7) is 6.45. The zero-order valence-corrected chi connectivity index (χ0v) is 7.15. The summed E-state index contributed by atoms with van der Waals surface area (Å²) in [6, 6.07) is 0. The van der Waals surface area contributed by atoms with Gasteiger partial charge in [-0.25, -0.2) is 15.0 Å².